The quantitative estimate of drug-likeness (QED) is 0.913. The molecule has 2 rings (SSSR count). The molecule has 1 aliphatic heterocycles. The molecule has 1 N–H and O–H groups in total. The molecular weight excluding hydrogens is 323 g/mol. The average molecular weight is 343 g/mol. The summed E-state index contributed by atoms with van der Waals surface area (Å²) < 4.78 is 0. The summed E-state index contributed by atoms with van der Waals surface area (Å²) in [5.41, 5.74) is 0.398. The van der Waals surface area contributed by atoms with Gasteiger partial charge in [0.2, 0.25) is 5.91 Å². The summed E-state index contributed by atoms with van der Waals surface area (Å²) in [6, 6.07) is 4.66. The highest BCUT2D eigenvalue weighted by atomic mass is 35.5. The van der Waals surface area contributed by atoms with Crippen LogP contribution in [0.25, 0.3) is 0 Å². The fraction of sp³-hybridized carbons (Fsp3) is 0.500. The van der Waals surface area contributed by atoms with E-state index in [2.05, 4.69) is 5.32 Å². The van der Waals surface area contributed by atoms with E-state index in [9.17, 15) is 9.59 Å². The molecule has 1 saturated heterocycles. The maximum Gasteiger partial charge on any atom is 0.251 e. The fourth-order valence-electron chi connectivity index (χ4n) is 2.50. The largest absolute Gasteiger partial charge is 0.343 e. The number of halogens is 2. The van der Waals surface area contributed by atoms with Crippen molar-refractivity contribution in [1.82, 2.24) is 10.2 Å². The molecule has 22 heavy (non-hydrogen) atoms. The van der Waals surface area contributed by atoms with Crippen molar-refractivity contribution < 1.29 is 9.59 Å². The third-order valence-corrected chi connectivity index (χ3v) is 4.53. The van der Waals surface area contributed by atoms with Crippen LogP contribution in [0.3, 0.4) is 0 Å². The number of rotatable bonds is 3. The first-order valence-electron chi connectivity index (χ1n) is 7.59. The number of nitrogens with one attached hydrogen (secondary N) is 1. The number of carbonyl (C=O) groups excluding carboxylic acids is 2. The summed E-state index contributed by atoms with van der Waals surface area (Å²) in [6.07, 6.45) is 5.65. The first-order valence-corrected chi connectivity index (χ1v) is 8.34. The molecule has 6 heteroatoms. The highest BCUT2D eigenvalue weighted by molar-refractivity contribution is 6.42. The molecule has 0 radical (unpaired) electrons. The lowest BCUT2D eigenvalue weighted by Crippen LogP contribution is -2.41. The fourth-order valence-corrected chi connectivity index (χ4v) is 2.80. The van der Waals surface area contributed by atoms with Crippen LogP contribution in [0.15, 0.2) is 18.2 Å². The highest BCUT2D eigenvalue weighted by Gasteiger charge is 2.16. The summed E-state index contributed by atoms with van der Waals surface area (Å²) in [7, 11) is 0. The lowest BCUT2D eigenvalue weighted by Gasteiger charge is -2.24. The Labute approximate surface area is 140 Å². The minimum atomic E-state index is -0.320. The van der Waals surface area contributed by atoms with E-state index in [1.165, 1.54) is 25.3 Å². The second-order valence-electron chi connectivity index (χ2n) is 5.46. The zero-order valence-corrected chi connectivity index (χ0v) is 13.9. The maximum atomic E-state index is 12.2. The number of amides is 2. The Morgan fingerprint density at radius 3 is 2.27 bits per heavy atom. The monoisotopic (exact) mass is 342 g/mol. The van der Waals surface area contributed by atoms with Gasteiger partial charge in [0.05, 0.1) is 16.6 Å². The van der Waals surface area contributed by atoms with Crippen molar-refractivity contribution in [1.29, 1.82) is 0 Å². The van der Waals surface area contributed by atoms with Crippen molar-refractivity contribution in [2.24, 2.45) is 0 Å². The van der Waals surface area contributed by atoms with Gasteiger partial charge in [-0.1, -0.05) is 42.5 Å². The molecule has 0 saturated carbocycles. The molecule has 0 unspecified atom stereocenters. The lowest BCUT2D eigenvalue weighted by molar-refractivity contribution is -0.130. The first-order chi connectivity index (χ1) is 10.6. The van der Waals surface area contributed by atoms with E-state index < -0.39 is 0 Å². The molecule has 0 aliphatic carbocycles. The van der Waals surface area contributed by atoms with Crippen LogP contribution in [-0.4, -0.2) is 36.3 Å². The average Bonchev–Trinajstić information content (AvgIpc) is 2.47. The van der Waals surface area contributed by atoms with E-state index in [-0.39, 0.29) is 18.4 Å². The van der Waals surface area contributed by atoms with E-state index in [1.807, 2.05) is 4.90 Å². The molecule has 1 aromatic rings. The van der Waals surface area contributed by atoms with Gasteiger partial charge in [-0.05, 0) is 31.0 Å². The second kappa shape index (κ2) is 8.39. The normalized spacial score (nSPS) is 15.8. The number of hydrogen-bond acceptors (Lipinski definition) is 2. The third-order valence-electron chi connectivity index (χ3n) is 3.79. The lowest BCUT2D eigenvalue weighted by atomic mass is 10.1. The van der Waals surface area contributed by atoms with Crippen molar-refractivity contribution in [3.63, 3.8) is 0 Å². The Balaban J connectivity index is 1.86. The standard InChI is InChI=1S/C16H20Cl2N2O2/c17-13-7-6-12(10-14(13)18)16(22)19-11-15(21)20-8-4-2-1-3-5-9-20/h6-7,10H,1-5,8-9,11H2,(H,19,22). The van der Waals surface area contributed by atoms with Crippen LogP contribution in [0, 0.1) is 0 Å². The first kappa shape index (κ1) is 17.1. The smallest absolute Gasteiger partial charge is 0.251 e. The van der Waals surface area contributed by atoms with E-state index in [4.69, 9.17) is 23.2 Å². The minimum Gasteiger partial charge on any atom is -0.343 e. The molecule has 0 bridgehead atoms. The van der Waals surface area contributed by atoms with Crippen molar-refractivity contribution in [3.05, 3.63) is 33.8 Å². The molecule has 0 spiro atoms. The topological polar surface area (TPSA) is 49.4 Å². The number of likely N-dealkylation sites (tertiary alicyclic amines) is 1. The number of benzene rings is 1. The van der Waals surface area contributed by atoms with Crippen LogP contribution >= 0.6 is 23.2 Å². The van der Waals surface area contributed by atoms with E-state index in [0.717, 1.165) is 25.9 Å². The molecule has 1 aromatic carbocycles. The molecule has 1 aliphatic rings. The van der Waals surface area contributed by atoms with Crippen molar-refractivity contribution in [2.45, 2.75) is 32.1 Å². The van der Waals surface area contributed by atoms with Gasteiger partial charge in [-0.15, -0.1) is 0 Å². The van der Waals surface area contributed by atoms with Gasteiger partial charge in [-0.25, -0.2) is 0 Å². The van der Waals surface area contributed by atoms with Crippen LogP contribution in [-0.2, 0) is 4.79 Å². The molecule has 1 fully saturated rings. The second-order valence-corrected chi connectivity index (χ2v) is 6.27. The summed E-state index contributed by atoms with van der Waals surface area (Å²) in [6.45, 7) is 1.57. The van der Waals surface area contributed by atoms with Crippen molar-refractivity contribution >= 4 is 35.0 Å². The Hall–Kier alpha value is -1.26. The molecule has 4 nitrogen and oxygen atoms in total. The van der Waals surface area contributed by atoms with Gasteiger partial charge in [0.15, 0.2) is 0 Å². The van der Waals surface area contributed by atoms with Crippen molar-refractivity contribution in [3.8, 4) is 0 Å². The Bertz CT molecular complexity index is 541. The summed E-state index contributed by atoms with van der Waals surface area (Å²) >= 11 is 11.7. The van der Waals surface area contributed by atoms with Crippen LogP contribution < -0.4 is 5.32 Å². The minimum absolute atomic E-state index is 0.0130. The van der Waals surface area contributed by atoms with E-state index in [1.54, 1.807) is 12.1 Å². The van der Waals surface area contributed by atoms with Crippen LogP contribution in [0.5, 0.6) is 0 Å². The predicted octanol–water partition coefficient (Wildman–Crippen LogP) is 3.52. The number of hydrogen-bond donors (Lipinski definition) is 1. The van der Waals surface area contributed by atoms with Gasteiger partial charge in [0.25, 0.3) is 5.91 Å². The maximum absolute atomic E-state index is 12.2. The van der Waals surface area contributed by atoms with Gasteiger partial charge >= 0.3 is 0 Å². The summed E-state index contributed by atoms with van der Waals surface area (Å²) in [5.74, 6) is -0.353. The van der Waals surface area contributed by atoms with Crippen LogP contribution in [0.2, 0.25) is 10.0 Å². The van der Waals surface area contributed by atoms with Crippen LogP contribution in [0.1, 0.15) is 42.5 Å². The highest BCUT2D eigenvalue weighted by Crippen LogP contribution is 2.22. The summed E-state index contributed by atoms with van der Waals surface area (Å²) in [5, 5.41) is 3.37. The Morgan fingerprint density at radius 1 is 1.00 bits per heavy atom. The molecule has 0 aromatic heterocycles. The van der Waals surface area contributed by atoms with Crippen molar-refractivity contribution in [2.75, 3.05) is 19.6 Å². The van der Waals surface area contributed by atoms with Gasteiger partial charge in [-0.2, -0.15) is 0 Å². The van der Waals surface area contributed by atoms with E-state index >= 15 is 0 Å². The zero-order chi connectivity index (χ0) is 15.9. The number of nitrogens with zero attached hydrogens (tertiary/aromatic N) is 1. The Morgan fingerprint density at radius 2 is 1.64 bits per heavy atom. The molecular formula is C16H20Cl2N2O2. The zero-order valence-electron chi connectivity index (χ0n) is 12.4. The third kappa shape index (κ3) is 4.89. The Kier molecular flexibility index (Phi) is 6.52. The van der Waals surface area contributed by atoms with Gasteiger partial charge in [-0.3, -0.25) is 9.59 Å². The van der Waals surface area contributed by atoms with Gasteiger partial charge in [0, 0.05) is 18.7 Å². The molecule has 2 amide bonds. The summed E-state index contributed by atoms with van der Waals surface area (Å²) in [4.78, 5) is 26.1. The molecule has 1 heterocycles. The molecule has 0 atom stereocenters. The number of carbonyl (C=O) groups is 2. The predicted molar refractivity (Wildman–Crippen MR) is 88.5 cm³/mol. The molecule has 120 valence electrons. The van der Waals surface area contributed by atoms with E-state index in [0.29, 0.717) is 15.6 Å². The van der Waals surface area contributed by atoms with Crippen LogP contribution in [0.4, 0.5) is 0 Å². The SMILES string of the molecule is O=C(NCC(=O)N1CCCCCCC1)c1ccc(Cl)c(Cl)c1. The van der Waals surface area contributed by atoms with Gasteiger partial charge < -0.3 is 10.2 Å². The van der Waals surface area contributed by atoms with Gasteiger partial charge in [0.1, 0.15) is 0 Å².